The molecular formula is C24H36N2OS2. The lowest BCUT2D eigenvalue weighted by atomic mass is 10.1. The van der Waals surface area contributed by atoms with Crippen LogP contribution in [0.2, 0.25) is 0 Å². The summed E-state index contributed by atoms with van der Waals surface area (Å²) in [4.78, 5) is 0. The molecule has 0 heterocycles. The monoisotopic (exact) mass is 432 g/mol. The number of hydrogen-bond donors (Lipinski definition) is 2. The summed E-state index contributed by atoms with van der Waals surface area (Å²) in [6.07, 6.45) is 9.62. The van der Waals surface area contributed by atoms with Gasteiger partial charge in [-0.25, -0.2) is 3.63 Å². The van der Waals surface area contributed by atoms with Gasteiger partial charge >= 0.3 is 0 Å². The van der Waals surface area contributed by atoms with Crippen molar-refractivity contribution in [3.05, 3.63) is 59.7 Å². The Balaban J connectivity index is 1.98. The Hall–Kier alpha value is -1.30. The number of anilines is 2. The van der Waals surface area contributed by atoms with Gasteiger partial charge in [-0.05, 0) is 48.2 Å². The van der Waals surface area contributed by atoms with Crippen LogP contribution in [0.1, 0.15) is 86.8 Å². The van der Waals surface area contributed by atoms with Crippen molar-refractivity contribution in [3.8, 4) is 0 Å². The molecule has 0 aliphatic rings. The fourth-order valence-corrected chi connectivity index (χ4v) is 5.24. The average Bonchev–Trinajstić information content (AvgIpc) is 2.73. The normalized spacial score (nSPS) is 13.3. The maximum Gasteiger partial charge on any atom is 0.0573 e. The second-order valence-corrected chi connectivity index (χ2v) is 9.63. The molecule has 0 aromatic heterocycles. The first-order chi connectivity index (χ1) is 14.1. The zero-order valence-corrected chi connectivity index (χ0v) is 19.4. The van der Waals surface area contributed by atoms with E-state index in [4.69, 9.17) is 15.1 Å². The number of nitrogen functional groups attached to an aromatic ring is 2. The molecule has 0 saturated carbocycles. The van der Waals surface area contributed by atoms with E-state index in [-0.39, 0.29) is 0 Å². The lowest BCUT2D eigenvalue weighted by Gasteiger charge is -2.19. The van der Waals surface area contributed by atoms with Gasteiger partial charge in [-0.1, -0.05) is 76.6 Å². The van der Waals surface area contributed by atoms with Crippen molar-refractivity contribution in [2.24, 2.45) is 0 Å². The van der Waals surface area contributed by atoms with Crippen molar-refractivity contribution in [1.82, 2.24) is 0 Å². The molecule has 0 radical (unpaired) electrons. The number of hydrogen-bond acceptors (Lipinski definition) is 5. The molecule has 0 amide bonds. The largest absolute Gasteiger partial charge is 0.399 e. The third-order valence-electron chi connectivity index (χ3n) is 5.07. The van der Waals surface area contributed by atoms with E-state index >= 15 is 0 Å². The highest BCUT2D eigenvalue weighted by Gasteiger charge is 2.17. The average molecular weight is 433 g/mol. The molecule has 2 unspecified atom stereocenters. The van der Waals surface area contributed by atoms with E-state index in [1.165, 1.54) is 49.7 Å². The van der Waals surface area contributed by atoms with Gasteiger partial charge in [0.15, 0.2) is 0 Å². The van der Waals surface area contributed by atoms with Gasteiger partial charge in [0.1, 0.15) is 0 Å². The molecule has 3 nitrogen and oxygen atoms in total. The Kier molecular flexibility index (Phi) is 11.4. The van der Waals surface area contributed by atoms with Gasteiger partial charge in [0.2, 0.25) is 0 Å². The van der Waals surface area contributed by atoms with E-state index in [2.05, 4.69) is 38.1 Å². The van der Waals surface area contributed by atoms with E-state index in [1.54, 1.807) is 24.1 Å². The van der Waals surface area contributed by atoms with Gasteiger partial charge < -0.3 is 11.5 Å². The molecular weight excluding hydrogens is 396 g/mol. The van der Waals surface area contributed by atoms with Crippen LogP contribution in [0.3, 0.4) is 0 Å². The quantitative estimate of drug-likeness (QED) is 0.179. The minimum Gasteiger partial charge on any atom is -0.399 e. The Bertz CT molecular complexity index is 617. The zero-order chi connectivity index (χ0) is 20.9. The van der Waals surface area contributed by atoms with Gasteiger partial charge in [-0.15, -0.1) is 0 Å². The highest BCUT2D eigenvalue weighted by Crippen LogP contribution is 2.43. The molecule has 0 saturated heterocycles. The van der Waals surface area contributed by atoms with E-state index in [1.807, 2.05) is 24.3 Å². The summed E-state index contributed by atoms with van der Waals surface area (Å²) in [5.74, 6) is 0. The second-order valence-electron chi connectivity index (χ2n) is 7.56. The molecule has 2 atom stereocenters. The first-order valence-corrected chi connectivity index (χ1v) is 12.4. The fraction of sp³-hybridized carbons (Fsp3) is 0.500. The van der Waals surface area contributed by atoms with Gasteiger partial charge in [0.25, 0.3) is 0 Å². The van der Waals surface area contributed by atoms with Crippen LogP contribution in [0, 0.1) is 0 Å². The third kappa shape index (κ3) is 8.93. The van der Waals surface area contributed by atoms with Crippen LogP contribution >= 0.6 is 24.1 Å². The molecule has 2 rings (SSSR count). The molecule has 2 aromatic rings. The highest BCUT2D eigenvalue weighted by atomic mass is 32.2. The smallest absolute Gasteiger partial charge is 0.0573 e. The van der Waals surface area contributed by atoms with Crippen molar-refractivity contribution in [3.63, 3.8) is 0 Å². The van der Waals surface area contributed by atoms with E-state index < -0.39 is 0 Å². The van der Waals surface area contributed by atoms with Crippen molar-refractivity contribution < 1.29 is 3.63 Å². The van der Waals surface area contributed by atoms with Crippen molar-refractivity contribution in [2.75, 3.05) is 11.5 Å². The van der Waals surface area contributed by atoms with Crippen LogP contribution in [-0.4, -0.2) is 0 Å². The van der Waals surface area contributed by atoms with Crippen LogP contribution in [0.5, 0.6) is 0 Å². The Morgan fingerprint density at radius 2 is 1.03 bits per heavy atom. The predicted molar refractivity (Wildman–Crippen MR) is 132 cm³/mol. The maximum absolute atomic E-state index is 6.16. The van der Waals surface area contributed by atoms with Gasteiger partial charge in [0, 0.05) is 35.5 Å². The van der Waals surface area contributed by atoms with Crippen LogP contribution < -0.4 is 11.5 Å². The molecule has 4 N–H and O–H groups in total. The highest BCUT2D eigenvalue weighted by molar-refractivity contribution is 8.08. The van der Waals surface area contributed by atoms with Crippen molar-refractivity contribution in [1.29, 1.82) is 0 Å². The third-order valence-corrected chi connectivity index (χ3v) is 7.18. The number of rotatable bonds is 14. The second kappa shape index (κ2) is 13.8. The molecule has 2 aromatic carbocycles. The topological polar surface area (TPSA) is 61.3 Å². The van der Waals surface area contributed by atoms with Gasteiger partial charge in [0.05, 0.1) is 10.5 Å². The van der Waals surface area contributed by atoms with Crippen LogP contribution in [-0.2, 0) is 3.63 Å². The van der Waals surface area contributed by atoms with Crippen molar-refractivity contribution in [2.45, 2.75) is 75.7 Å². The summed E-state index contributed by atoms with van der Waals surface area (Å²) in [6.45, 7) is 4.48. The molecule has 0 spiro atoms. The van der Waals surface area contributed by atoms with E-state index in [0.29, 0.717) is 10.5 Å². The first-order valence-electron chi connectivity index (χ1n) is 10.8. The minimum absolute atomic E-state index is 0.331. The number of nitrogens with two attached hydrogens (primary N) is 2. The lowest BCUT2D eigenvalue weighted by molar-refractivity contribution is 0.626. The summed E-state index contributed by atoms with van der Waals surface area (Å²) in [6, 6.07) is 16.5. The number of benzene rings is 2. The molecule has 0 bridgehead atoms. The predicted octanol–water partition coefficient (Wildman–Crippen LogP) is 8.11. The van der Waals surface area contributed by atoms with Crippen LogP contribution in [0.15, 0.2) is 48.5 Å². The van der Waals surface area contributed by atoms with E-state index in [0.717, 1.165) is 24.2 Å². The van der Waals surface area contributed by atoms with Gasteiger partial charge in [-0.2, -0.15) is 0 Å². The zero-order valence-electron chi connectivity index (χ0n) is 17.8. The van der Waals surface area contributed by atoms with E-state index in [9.17, 15) is 0 Å². The first kappa shape index (κ1) is 24.0. The standard InChI is InChI=1S/C24H36N2OS2/c1-3-5-7-9-23(19-11-15-21(25)16-12-19)28-27-29-24(10-8-6-4-2)20-13-17-22(26)18-14-20/h11-18,23-24H,3-10,25-26H2,1-2H3. The summed E-state index contributed by atoms with van der Waals surface area (Å²) < 4.78 is 6.16. The molecule has 160 valence electrons. The summed E-state index contributed by atoms with van der Waals surface area (Å²) in [5, 5.41) is 0.662. The maximum atomic E-state index is 6.16. The molecule has 29 heavy (non-hydrogen) atoms. The summed E-state index contributed by atoms with van der Waals surface area (Å²) in [7, 11) is 0. The Morgan fingerprint density at radius 3 is 1.38 bits per heavy atom. The number of unbranched alkanes of at least 4 members (excludes halogenated alkanes) is 4. The SMILES string of the molecule is CCCCCC(SOSC(CCCCC)c1ccc(N)cc1)c1ccc(N)cc1. The fourth-order valence-electron chi connectivity index (χ4n) is 3.24. The molecule has 0 aliphatic heterocycles. The van der Waals surface area contributed by atoms with Crippen LogP contribution in [0.25, 0.3) is 0 Å². The van der Waals surface area contributed by atoms with Crippen LogP contribution in [0.4, 0.5) is 11.4 Å². The molecule has 0 aliphatic carbocycles. The van der Waals surface area contributed by atoms with Crippen molar-refractivity contribution >= 4 is 35.5 Å². The Morgan fingerprint density at radius 1 is 0.655 bits per heavy atom. The summed E-state index contributed by atoms with van der Waals surface area (Å²) >= 11 is 3.19. The lowest BCUT2D eigenvalue weighted by Crippen LogP contribution is -1.98. The Labute approximate surface area is 185 Å². The summed E-state index contributed by atoms with van der Waals surface area (Å²) in [5.41, 5.74) is 15.9. The van der Waals surface area contributed by atoms with Gasteiger partial charge in [-0.3, -0.25) is 0 Å². The molecule has 5 heteroatoms. The minimum atomic E-state index is 0.331. The molecule has 0 fully saturated rings.